The van der Waals surface area contributed by atoms with Gasteiger partial charge >= 0.3 is 0 Å². The summed E-state index contributed by atoms with van der Waals surface area (Å²) < 4.78 is 26.6. The van der Waals surface area contributed by atoms with Gasteiger partial charge in [0.05, 0.1) is 15.5 Å². The molecule has 0 saturated heterocycles. The van der Waals surface area contributed by atoms with Crippen molar-refractivity contribution in [1.82, 2.24) is 14.2 Å². The number of rotatable bonds is 6. The Balaban J connectivity index is 2.33. The maximum atomic E-state index is 12.8. The first-order valence-corrected chi connectivity index (χ1v) is 9.88. The van der Waals surface area contributed by atoms with E-state index >= 15 is 0 Å². The molecule has 0 saturated carbocycles. The maximum absolute atomic E-state index is 12.8. The third-order valence-corrected chi connectivity index (χ3v) is 6.42. The van der Waals surface area contributed by atoms with E-state index < -0.39 is 10.0 Å². The Morgan fingerprint density at radius 3 is 2.50 bits per heavy atom. The van der Waals surface area contributed by atoms with Crippen molar-refractivity contribution in [2.24, 2.45) is 0 Å². The van der Waals surface area contributed by atoms with Crippen molar-refractivity contribution in [3.63, 3.8) is 0 Å². The number of hydrogen-bond acceptors (Lipinski definition) is 4. The van der Waals surface area contributed by atoms with Crippen molar-refractivity contribution in [3.8, 4) is 0 Å². The average molecular weight is 396 g/mol. The van der Waals surface area contributed by atoms with Gasteiger partial charge in [-0.25, -0.2) is 8.42 Å². The Bertz CT molecular complexity index is 886. The summed E-state index contributed by atoms with van der Waals surface area (Å²) in [5.41, 5.74) is 1.01. The molecule has 1 aromatic carbocycles. The maximum Gasteiger partial charge on any atom is 0.255 e. The number of carbonyl (C=O) groups excluding carboxylic acids is 1. The number of pyridine rings is 1. The number of halogens is 1. The van der Waals surface area contributed by atoms with Crippen LogP contribution in [0.1, 0.15) is 29.8 Å². The lowest BCUT2D eigenvalue weighted by atomic mass is 10.2. The van der Waals surface area contributed by atoms with E-state index in [1.807, 2.05) is 6.07 Å². The van der Waals surface area contributed by atoms with Gasteiger partial charge in [0.2, 0.25) is 10.0 Å². The average Bonchev–Trinajstić information content (AvgIpc) is 2.61. The minimum atomic E-state index is -3.70. The molecule has 0 bridgehead atoms. The van der Waals surface area contributed by atoms with Gasteiger partial charge in [-0.3, -0.25) is 9.78 Å². The molecule has 0 radical (unpaired) electrons. The molecule has 0 spiro atoms. The fourth-order valence-corrected chi connectivity index (χ4v) is 3.91. The van der Waals surface area contributed by atoms with E-state index in [1.165, 1.54) is 34.5 Å². The van der Waals surface area contributed by atoms with E-state index in [0.29, 0.717) is 6.54 Å². The van der Waals surface area contributed by atoms with Crippen LogP contribution in [-0.2, 0) is 16.6 Å². The van der Waals surface area contributed by atoms with E-state index in [0.717, 1.165) is 5.56 Å². The van der Waals surface area contributed by atoms with Gasteiger partial charge in [0, 0.05) is 39.1 Å². The van der Waals surface area contributed by atoms with Crippen molar-refractivity contribution in [2.45, 2.75) is 31.3 Å². The summed E-state index contributed by atoms with van der Waals surface area (Å²) >= 11 is 6.16. The predicted molar refractivity (Wildman–Crippen MR) is 102 cm³/mol. The van der Waals surface area contributed by atoms with Gasteiger partial charge in [0.15, 0.2) is 0 Å². The predicted octanol–water partition coefficient (Wildman–Crippen LogP) is 3.04. The molecule has 0 unspecified atom stereocenters. The lowest BCUT2D eigenvalue weighted by molar-refractivity contribution is 0.0785. The molecule has 2 rings (SSSR count). The smallest absolute Gasteiger partial charge is 0.255 e. The number of hydrogen-bond donors (Lipinski definition) is 0. The Labute approximate surface area is 159 Å². The number of sulfonamides is 1. The highest BCUT2D eigenvalue weighted by atomic mass is 35.5. The summed E-state index contributed by atoms with van der Waals surface area (Å²) in [5, 5.41) is 0.208. The molecule has 140 valence electrons. The highest BCUT2D eigenvalue weighted by Crippen LogP contribution is 2.24. The molecule has 8 heteroatoms. The molecule has 2 aromatic rings. The van der Waals surface area contributed by atoms with Gasteiger partial charge in [0.1, 0.15) is 0 Å². The number of benzene rings is 1. The molecule has 26 heavy (non-hydrogen) atoms. The summed E-state index contributed by atoms with van der Waals surface area (Å²) in [7, 11) is -0.565. The quantitative estimate of drug-likeness (QED) is 0.753. The van der Waals surface area contributed by atoms with Crippen LogP contribution in [0.15, 0.2) is 47.6 Å². The first kappa shape index (κ1) is 20.4. The van der Waals surface area contributed by atoms with Crippen molar-refractivity contribution < 1.29 is 13.2 Å². The van der Waals surface area contributed by atoms with Crippen molar-refractivity contribution in [2.75, 3.05) is 14.1 Å². The molecule has 0 N–H and O–H groups in total. The summed E-state index contributed by atoms with van der Waals surface area (Å²) in [5.74, 6) is -0.358. The largest absolute Gasteiger partial charge is 0.337 e. The van der Waals surface area contributed by atoms with Crippen LogP contribution in [0.3, 0.4) is 0 Å². The molecule has 0 fully saturated rings. The molecule has 1 heterocycles. The molecule has 1 amide bonds. The molecule has 0 aliphatic carbocycles. The number of amides is 1. The molecule has 0 aliphatic rings. The summed E-state index contributed by atoms with van der Waals surface area (Å²) in [6, 6.07) is 7.62. The first-order valence-electron chi connectivity index (χ1n) is 8.06. The molecule has 6 nitrogen and oxygen atoms in total. The van der Waals surface area contributed by atoms with E-state index in [2.05, 4.69) is 4.98 Å². The van der Waals surface area contributed by atoms with Gasteiger partial charge in [-0.05, 0) is 43.7 Å². The van der Waals surface area contributed by atoms with Gasteiger partial charge in [-0.2, -0.15) is 4.31 Å². The summed E-state index contributed by atoms with van der Waals surface area (Å²) in [4.78, 5) is 18.3. The van der Waals surface area contributed by atoms with Crippen LogP contribution in [0.4, 0.5) is 0 Å². The zero-order valence-corrected chi connectivity index (χ0v) is 16.8. The first-order chi connectivity index (χ1) is 12.1. The minimum absolute atomic E-state index is 0.0382. The monoisotopic (exact) mass is 395 g/mol. The zero-order valence-electron chi connectivity index (χ0n) is 15.2. The number of aromatic nitrogens is 1. The topological polar surface area (TPSA) is 70.6 Å². The molecular weight excluding hydrogens is 374 g/mol. The fraction of sp³-hybridized carbons (Fsp3) is 0.333. The van der Waals surface area contributed by atoms with Crippen LogP contribution < -0.4 is 0 Å². The van der Waals surface area contributed by atoms with Crippen LogP contribution in [0.25, 0.3) is 0 Å². The van der Waals surface area contributed by atoms with Gasteiger partial charge in [-0.15, -0.1) is 0 Å². The minimum Gasteiger partial charge on any atom is -0.337 e. The van der Waals surface area contributed by atoms with Crippen LogP contribution in [0.2, 0.25) is 5.02 Å². The van der Waals surface area contributed by atoms with Gasteiger partial charge < -0.3 is 4.90 Å². The second-order valence-corrected chi connectivity index (χ2v) is 8.68. The van der Waals surface area contributed by atoms with Crippen LogP contribution in [-0.4, -0.2) is 48.7 Å². The Hall–Kier alpha value is -1.96. The normalized spacial score (nSPS) is 11.8. The van der Waals surface area contributed by atoms with E-state index in [9.17, 15) is 13.2 Å². The lowest BCUT2D eigenvalue weighted by Gasteiger charge is -2.22. The molecule has 1 aromatic heterocycles. The fourth-order valence-electron chi connectivity index (χ4n) is 2.32. The van der Waals surface area contributed by atoms with E-state index in [1.54, 1.807) is 39.4 Å². The standard InChI is InChI=1S/C18H22ClN3O3S/c1-13(2)22(4)26(24,25)15-7-8-17(19)16(10-15)18(23)21(3)12-14-6-5-9-20-11-14/h5-11,13H,12H2,1-4H3. The molecular formula is C18H22ClN3O3S. The Morgan fingerprint density at radius 1 is 1.23 bits per heavy atom. The van der Waals surface area contributed by atoms with Gasteiger partial charge in [-0.1, -0.05) is 17.7 Å². The van der Waals surface area contributed by atoms with Crippen LogP contribution in [0.5, 0.6) is 0 Å². The third-order valence-electron chi connectivity index (χ3n) is 4.06. The Kier molecular flexibility index (Phi) is 6.39. The number of carbonyl (C=O) groups is 1. The second-order valence-electron chi connectivity index (χ2n) is 6.28. The summed E-state index contributed by atoms with van der Waals surface area (Å²) in [6.07, 6.45) is 3.33. The van der Waals surface area contributed by atoms with Crippen molar-refractivity contribution in [3.05, 3.63) is 58.9 Å². The SMILES string of the molecule is CC(C)N(C)S(=O)(=O)c1ccc(Cl)c(C(=O)N(C)Cc2cccnc2)c1. The van der Waals surface area contributed by atoms with Crippen LogP contribution >= 0.6 is 11.6 Å². The molecule has 0 atom stereocenters. The zero-order chi connectivity index (χ0) is 19.5. The highest BCUT2D eigenvalue weighted by molar-refractivity contribution is 7.89. The lowest BCUT2D eigenvalue weighted by Crippen LogP contribution is -2.33. The molecule has 0 aliphatic heterocycles. The van der Waals surface area contributed by atoms with Crippen molar-refractivity contribution >= 4 is 27.5 Å². The van der Waals surface area contributed by atoms with E-state index in [-0.39, 0.29) is 27.4 Å². The van der Waals surface area contributed by atoms with Crippen LogP contribution in [0, 0.1) is 0 Å². The third kappa shape index (κ3) is 4.41. The van der Waals surface area contributed by atoms with E-state index in [4.69, 9.17) is 11.6 Å². The Morgan fingerprint density at radius 2 is 1.92 bits per heavy atom. The summed E-state index contributed by atoms with van der Waals surface area (Å²) in [6.45, 7) is 3.90. The highest BCUT2D eigenvalue weighted by Gasteiger charge is 2.25. The second kappa shape index (κ2) is 8.16. The number of nitrogens with zero attached hydrogens (tertiary/aromatic N) is 3. The van der Waals surface area contributed by atoms with Crippen molar-refractivity contribution in [1.29, 1.82) is 0 Å². The van der Waals surface area contributed by atoms with Gasteiger partial charge in [0.25, 0.3) is 5.91 Å².